The molecule has 0 aliphatic heterocycles. The van der Waals surface area contributed by atoms with Gasteiger partial charge in [0.25, 0.3) is 5.91 Å². The van der Waals surface area contributed by atoms with Crippen LogP contribution in [0.5, 0.6) is 5.75 Å². The van der Waals surface area contributed by atoms with Crippen LogP contribution in [0.4, 0.5) is 0 Å². The Morgan fingerprint density at radius 3 is 2.52 bits per heavy atom. The molecule has 0 spiro atoms. The van der Waals surface area contributed by atoms with Gasteiger partial charge in [-0.25, -0.2) is 0 Å². The van der Waals surface area contributed by atoms with Crippen molar-refractivity contribution in [1.29, 1.82) is 0 Å². The molecule has 0 radical (unpaired) electrons. The molecule has 1 amide bonds. The summed E-state index contributed by atoms with van der Waals surface area (Å²) in [6.07, 6.45) is 0. The number of ether oxygens (including phenoxy) is 1. The summed E-state index contributed by atoms with van der Waals surface area (Å²) in [5.41, 5.74) is 0.565. The van der Waals surface area contributed by atoms with Crippen LogP contribution < -0.4 is 10.1 Å². The fraction of sp³-hybridized carbons (Fsp3) is 0.467. The van der Waals surface area contributed by atoms with Crippen LogP contribution in [0.2, 0.25) is 0 Å². The lowest BCUT2D eigenvalue weighted by Crippen LogP contribution is -2.25. The molecule has 0 bridgehead atoms. The first kappa shape index (κ1) is 17.4. The normalized spacial score (nSPS) is 10.4. The summed E-state index contributed by atoms with van der Waals surface area (Å²) in [7, 11) is 0. The number of amides is 1. The summed E-state index contributed by atoms with van der Waals surface area (Å²) in [5.74, 6) is 0.823. The molecule has 0 unspecified atom stereocenters. The van der Waals surface area contributed by atoms with Crippen molar-refractivity contribution in [2.45, 2.75) is 13.8 Å². The van der Waals surface area contributed by atoms with Gasteiger partial charge in [0, 0.05) is 17.9 Å². The number of carbonyl (C=O) groups excluding carboxylic acids is 1. The topological polar surface area (TPSA) is 75.6 Å². The van der Waals surface area contributed by atoms with Crippen LogP contribution in [-0.2, 0) is 4.79 Å². The van der Waals surface area contributed by atoms with Gasteiger partial charge in [0.1, 0.15) is 5.75 Å². The van der Waals surface area contributed by atoms with Crippen LogP contribution in [0.3, 0.4) is 0 Å². The third kappa shape index (κ3) is 7.60. The van der Waals surface area contributed by atoms with E-state index < -0.39 is 5.97 Å². The van der Waals surface area contributed by atoms with Gasteiger partial charge in [-0.1, -0.05) is 13.8 Å². The number of benzene rings is 1. The Hall–Kier alpha value is -1.69. The first-order valence-electron chi connectivity index (χ1n) is 6.79. The maximum atomic E-state index is 11.8. The second-order valence-electron chi connectivity index (χ2n) is 4.93. The predicted molar refractivity (Wildman–Crippen MR) is 84.1 cm³/mol. The fourth-order valence-electron chi connectivity index (χ4n) is 1.46. The fourth-order valence-corrected chi connectivity index (χ4v) is 2.03. The Bertz CT molecular complexity index is 459. The highest BCUT2D eigenvalue weighted by molar-refractivity contribution is 7.99. The molecule has 0 saturated heterocycles. The molecule has 21 heavy (non-hydrogen) atoms. The number of nitrogens with one attached hydrogen (secondary N) is 1. The molecule has 0 aromatic heterocycles. The number of carboxylic acid groups (broad SMARTS) is 1. The molecule has 0 fully saturated rings. The van der Waals surface area contributed by atoms with Crippen molar-refractivity contribution in [2.75, 3.05) is 24.7 Å². The van der Waals surface area contributed by atoms with Gasteiger partial charge in [-0.3, -0.25) is 9.59 Å². The minimum atomic E-state index is -0.844. The first-order chi connectivity index (χ1) is 9.99. The molecule has 6 heteroatoms. The zero-order chi connectivity index (χ0) is 15.7. The highest BCUT2D eigenvalue weighted by atomic mass is 32.2. The van der Waals surface area contributed by atoms with Gasteiger partial charge < -0.3 is 15.2 Å². The van der Waals surface area contributed by atoms with E-state index in [4.69, 9.17) is 9.84 Å². The largest absolute Gasteiger partial charge is 0.493 e. The minimum Gasteiger partial charge on any atom is -0.493 e. The molecule has 1 rings (SSSR count). The lowest BCUT2D eigenvalue weighted by atomic mass is 10.2. The summed E-state index contributed by atoms with van der Waals surface area (Å²) in [4.78, 5) is 22.2. The SMILES string of the molecule is CC(C)COc1ccc(C(=O)NCCSCC(=O)O)cc1. The van der Waals surface area contributed by atoms with Crippen LogP contribution in [0.1, 0.15) is 24.2 Å². The van der Waals surface area contributed by atoms with E-state index in [-0.39, 0.29) is 11.7 Å². The number of aliphatic carboxylic acids is 1. The van der Waals surface area contributed by atoms with Gasteiger partial charge >= 0.3 is 5.97 Å². The lowest BCUT2D eigenvalue weighted by Gasteiger charge is -2.09. The van der Waals surface area contributed by atoms with Crippen LogP contribution in [-0.4, -0.2) is 41.6 Å². The number of rotatable bonds is 9. The molecule has 1 aromatic carbocycles. The molecule has 1 aromatic rings. The van der Waals surface area contributed by atoms with Gasteiger partial charge in [0.15, 0.2) is 0 Å². The molecule has 0 heterocycles. The average molecular weight is 311 g/mol. The van der Waals surface area contributed by atoms with E-state index in [2.05, 4.69) is 19.2 Å². The van der Waals surface area contributed by atoms with Gasteiger partial charge in [-0.15, -0.1) is 11.8 Å². The zero-order valence-electron chi connectivity index (χ0n) is 12.3. The molecule has 116 valence electrons. The van der Waals surface area contributed by atoms with Crippen LogP contribution in [0, 0.1) is 5.92 Å². The molecule has 0 saturated carbocycles. The molecule has 0 aliphatic rings. The number of thioether (sulfide) groups is 1. The van der Waals surface area contributed by atoms with E-state index in [1.807, 2.05) is 0 Å². The molecular weight excluding hydrogens is 290 g/mol. The number of hydrogen-bond acceptors (Lipinski definition) is 4. The van der Waals surface area contributed by atoms with Gasteiger partial charge in [0.2, 0.25) is 0 Å². The van der Waals surface area contributed by atoms with Crippen LogP contribution in [0.15, 0.2) is 24.3 Å². The highest BCUT2D eigenvalue weighted by Gasteiger charge is 2.05. The van der Waals surface area contributed by atoms with E-state index in [1.165, 1.54) is 11.8 Å². The van der Waals surface area contributed by atoms with Crippen molar-refractivity contribution in [1.82, 2.24) is 5.32 Å². The Morgan fingerprint density at radius 1 is 1.29 bits per heavy atom. The molecular formula is C15H21NO4S. The van der Waals surface area contributed by atoms with Crippen molar-refractivity contribution < 1.29 is 19.4 Å². The minimum absolute atomic E-state index is 0.0533. The molecule has 0 atom stereocenters. The van der Waals surface area contributed by atoms with Gasteiger partial charge in [-0.05, 0) is 30.2 Å². The van der Waals surface area contributed by atoms with Crippen molar-refractivity contribution in [3.63, 3.8) is 0 Å². The third-order valence-electron chi connectivity index (χ3n) is 2.46. The summed E-state index contributed by atoms with van der Waals surface area (Å²) in [6, 6.07) is 6.98. The van der Waals surface area contributed by atoms with Gasteiger partial charge in [0.05, 0.1) is 12.4 Å². The van der Waals surface area contributed by atoms with Crippen molar-refractivity contribution in [3.05, 3.63) is 29.8 Å². The second kappa shape index (κ2) is 9.28. The molecule has 5 nitrogen and oxygen atoms in total. The van der Waals surface area contributed by atoms with E-state index in [1.54, 1.807) is 24.3 Å². The quantitative estimate of drug-likeness (QED) is 0.684. The number of carbonyl (C=O) groups is 2. The van der Waals surface area contributed by atoms with Crippen LogP contribution >= 0.6 is 11.8 Å². The van der Waals surface area contributed by atoms with Crippen LogP contribution in [0.25, 0.3) is 0 Å². The van der Waals surface area contributed by atoms with E-state index >= 15 is 0 Å². The smallest absolute Gasteiger partial charge is 0.313 e. The summed E-state index contributed by atoms with van der Waals surface area (Å²) in [6.45, 7) is 5.24. The van der Waals surface area contributed by atoms with Crippen molar-refractivity contribution in [2.24, 2.45) is 5.92 Å². The summed E-state index contributed by atoms with van der Waals surface area (Å²) in [5, 5.41) is 11.2. The van der Waals surface area contributed by atoms with Crippen molar-refractivity contribution in [3.8, 4) is 5.75 Å². The lowest BCUT2D eigenvalue weighted by molar-refractivity contribution is -0.133. The monoisotopic (exact) mass is 311 g/mol. The Labute approximate surface area is 129 Å². The van der Waals surface area contributed by atoms with E-state index in [0.29, 0.717) is 30.4 Å². The summed E-state index contributed by atoms with van der Waals surface area (Å²) >= 11 is 1.28. The highest BCUT2D eigenvalue weighted by Crippen LogP contribution is 2.13. The summed E-state index contributed by atoms with van der Waals surface area (Å²) < 4.78 is 5.55. The molecule has 2 N–H and O–H groups in total. The van der Waals surface area contributed by atoms with E-state index in [9.17, 15) is 9.59 Å². The first-order valence-corrected chi connectivity index (χ1v) is 7.95. The number of carboxylic acids is 1. The molecule has 0 aliphatic carbocycles. The maximum absolute atomic E-state index is 11.8. The Kier molecular flexibility index (Phi) is 7.68. The predicted octanol–water partition coefficient (Wildman–Crippen LogP) is 2.27. The number of hydrogen-bond donors (Lipinski definition) is 2. The van der Waals surface area contributed by atoms with Crippen molar-refractivity contribution >= 4 is 23.6 Å². The zero-order valence-corrected chi connectivity index (χ0v) is 13.1. The maximum Gasteiger partial charge on any atom is 0.313 e. The third-order valence-corrected chi connectivity index (χ3v) is 3.40. The Balaban J connectivity index is 2.32. The average Bonchev–Trinajstić information content (AvgIpc) is 2.44. The standard InChI is InChI=1S/C15H21NO4S/c1-11(2)9-20-13-5-3-12(4-6-13)15(19)16-7-8-21-10-14(17)18/h3-6,11H,7-10H2,1-2H3,(H,16,19)(H,17,18). The van der Waals surface area contributed by atoms with Gasteiger partial charge in [-0.2, -0.15) is 0 Å². The van der Waals surface area contributed by atoms with E-state index in [0.717, 1.165) is 5.75 Å². The second-order valence-corrected chi connectivity index (χ2v) is 6.04. The Morgan fingerprint density at radius 2 is 1.95 bits per heavy atom.